The Morgan fingerprint density at radius 3 is 2.36 bits per heavy atom. The lowest BCUT2D eigenvalue weighted by Gasteiger charge is -2.36. The van der Waals surface area contributed by atoms with Gasteiger partial charge in [0.2, 0.25) is 11.6 Å². The van der Waals surface area contributed by atoms with Crippen LogP contribution in [0, 0.1) is 11.6 Å². The molecule has 4 N–H and O–H groups in total. The number of nitrogens with two attached hydrogens (primary N) is 1. The number of nitrogens with one attached hydrogen (secondary N) is 2. The van der Waals surface area contributed by atoms with Crippen molar-refractivity contribution in [1.82, 2.24) is 9.80 Å². The number of hydrogen-bond donors (Lipinski definition) is 3. The first kappa shape index (κ1) is 30.3. The Kier molecular flexibility index (Phi) is 8.88. The van der Waals surface area contributed by atoms with Gasteiger partial charge in [-0.2, -0.15) is 0 Å². The molecule has 1 aliphatic heterocycles. The van der Waals surface area contributed by atoms with Gasteiger partial charge in [0.25, 0.3) is 11.8 Å². The molecule has 1 fully saturated rings. The summed E-state index contributed by atoms with van der Waals surface area (Å²) in [6, 6.07) is 2.78. The Hall–Kier alpha value is -3.29. The fourth-order valence-electron chi connectivity index (χ4n) is 3.88. The fraction of sp³-hybridized carbons (Fsp3) is 0.440. The number of primary amides is 1. The molecule has 1 unspecified atom stereocenters. The van der Waals surface area contributed by atoms with Crippen LogP contribution in [0.15, 0.2) is 18.2 Å². The molecule has 1 aromatic carbocycles. The zero-order valence-electron chi connectivity index (χ0n) is 22.1. The Morgan fingerprint density at radius 2 is 1.77 bits per heavy atom. The highest BCUT2D eigenvalue weighted by Gasteiger charge is 2.42. The number of carbonyl (C=O) groups is 4. The molecule has 39 heavy (non-hydrogen) atoms. The van der Waals surface area contributed by atoms with Gasteiger partial charge in [0.1, 0.15) is 10.0 Å². The largest absolute Gasteiger partial charge is 0.365 e. The Morgan fingerprint density at radius 1 is 1.10 bits per heavy atom. The third kappa shape index (κ3) is 6.31. The first-order chi connectivity index (χ1) is 18.1. The molecule has 212 valence electrons. The second-order valence-electron chi connectivity index (χ2n) is 10.0. The van der Waals surface area contributed by atoms with E-state index in [1.54, 1.807) is 6.07 Å². The molecular formula is C25H30ClF2N5O5S. The molecule has 1 saturated heterocycles. The molecule has 0 radical (unpaired) electrons. The van der Waals surface area contributed by atoms with Crippen LogP contribution in [0.4, 0.5) is 24.3 Å². The van der Waals surface area contributed by atoms with E-state index in [1.807, 2.05) is 20.8 Å². The van der Waals surface area contributed by atoms with Gasteiger partial charge in [0.15, 0.2) is 11.6 Å². The van der Waals surface area contributed by atoms with Gasteiger partial charge < -0.3 is 25.6 Å². The lowest BCUT2D eigenvalue weighted by atomic mass is 9.94. The molecule has 2 heterocycles. The lowest BCUT2D eigenvalue weighted by Crippen LogP contribution is -2.59. The molecule has 0 aliphatic carbocycles. The van der Waals surface area contributed by atoms with Crippen molar-refractivity contribution in [2.75, 3.05) is 37.4 Å². The maximum absolute atomic E-state index is 13.8. The monoisotopic (exact) mass is 585 g/mol. The molecule has 1 atom stereocenters. The Labute approximate surface area is 233 Å². The quantitative estimate of drug-likeness (QED) is 0.438. The van der Waals surface area contributed by atoms with E-state index in [4.69, 9.17) is 22.1 Å². The van der Waals surface area contributed by atoms with E-state index in [2.05, 4.69) is 10.6 Å². The second-order valence-corrected chi connectivity index (χ2v) is 11.5. The van der Waals surface area contributed by atoms with Gasteiger partial charge in [0.05, 0.1) is 11.3 Å². The van der Waals surface area contributed by atoms with Crippen LogP contribution in [0.1, 0.15) is 49.4 Å². The number of anilines is 2. The van der Waals surface area contributed by atoms with Gasteiger partial charge in [-0.15, -0.1) is 11.3 Å². The Balaban J connectivity index is 1.87. The van der Waals surface area contributed by atoms with Crippen LogP contribution in [-0.2, 0) is 19.7 Å². The summed E-state index contributed by atoms with van der Waals surface area (Å²) in [5.41, 5.74) is 3.45. The number of nitrogens with zero attached hydrogens (tertiary/aromatic N) is 2. The standard InChI is InChI=1S/C25H30ClF2N5O5S/c1-24(2,3)16-12-13(20(39-16)31-23(37)30-15-7-6-14(27)19(28)18(15)26)21(35)32-9-8-17(34)33(11-10-32)25(4,38-5)22(29)36/h6-7,12H,8-11H2,1-5H3,(H2,29,36)(H2,30,31,37). The van der Waals surface area contributed by atoms with Crippen LogP contribution >= 0.6 is 22.9 Å². The molecule has 10 nitrogen and oxygen atoms in total. The summed E-state index contributed by atoms with van der Waals surface area (Å²) < 4.78 is 32.5. The van der Waals surface area contributed by atoms with Gasteiger partial charge in [-0.05, 0) is 30.5 Å². The van der Waals surface area contributed by atoms with Gasteiger partial charge in [-0.3, -0.25) is 19.7 Å². The molecule has 14 heteroatoms. The van der Waals surface area contributed by atoms with Crippen LogP contribution < -0.4 is 16.4 Å². The van der Waals surface area contributed by atoms with E-state index in [0.29, 0.717) is 0 Å². The Bertz CT molecular complexity index is 1310. The number of urea groups is 1. The number of methoxy groups -OCH3 is 1. The zero-order chi connectivity index (χ0) is 29.3. The minimum Gasteiger partial charge on any atom is -0.365 e. The van der Waals surface area contributed by atoms with E-state index in [9.17, 15) is 28.0 Å². The summed E-state index contributed by atoms with van der Waals surface area (Å²) >= 11 is 6.99. The number of hydrogen-bond acceptors (Lipinski definition) is 6. The average Bonchev–Trinajstić information content (AvgIpc) is 3.19. The van der Waals surface area contributed by atoms with Crippen molar-refractivity contribution in [3.05, 3.63) is 45.3 Å². The van der Waals surface area contributed by atoms with Crippen LogP contribution in [0.3, 0.4) is 0 Å². The number of amides is 5. The smallest absolute Gasteiger partial charge is 0.324 e. The summed E-state index contributed by atoms with van der Waals surface area (Å²) in [6.45, 7) is 7.34. The maximum atomic E-state index is 13.8. The molecule has 3 rings (SSSR count). The number of rotatable bonds is 6. The average molecular weight is 586 g/mol. The summed E-state index contributed by atoms with van der Waals surface area (Å²) in [5.74, 6) is -4.17. The van der Waals surface area contributed by atoms with E-state index >= 15 is 0 Å². The molecular weight excluding hydrogens is 556 g/mol. The number of carbonyl (C=O) groups excluding carboxylic acids is 4. The van der Waals surface area contributed by atoms with Crippen LogP contribution in [0.25, 0.3) is 0 Å². The van der Waals surface area contributed by atoms with E-state index in [-0.39, 0.29) is 47.7 Å². The molecule has 1 aromatic heterocycles. The van der Waals surface area contributed by atoms with Crippen molar-refractivity contribution in [2.45, 2.75) is 45.3 Å². The zero-order valence-corrected chi connectivity index (χ0v) is 23.7. The van der Waals surface area contributed by atoms with Gasteiger partial charge in [0, 0.05) is 38.0 Å². The highest BCUT2D eigenvalue weighted by Crippen LogP contribution is 2.37. The van der Waals surface area contributed by atoms with Gasteiger partial charge in [-0.1, -0.05) is 32.4 Å². The molecule has 0 bridgehead atoms. The van der Waals surface area contributed by atoms with Gasteiger partial charge in [-0.25, -0.2) is 13.6 Å². The van der Waals surface area contributed by atoms with Crippen LogP contribution in [0.5, 0.6) is 0 Å². The first-order valence-corrected chi connectivity index (χ1v) is 13.1. The highest BCUT2D eigenvalue weighted by atomic mass is 35.5. The molecule has 5 amide bonds. The third-order valence-corrected chi connectivity index (χ3v) is 8.20. The van der Waals surface area contributed by atoms with Crippen molar-refractivity contribution >= 4 is 57.4 Å². The molecule has 0 spiro atoms. The maximum Gasteiger partial charge on any atom is 0.324 e. The molecule has 1 aliphatic rings. The van der Waals surface area contributed by atoms with Crippen molar-refractivity contribution in [2.24, 2.45) is 5.73 Å². The van der Waals surface area contributed by atoms with Crippen LogP contribution in [0.2, 0.25) is 5.02 Å². The summed E-state index contributed by atoms with van der Waals surface area (Å²) in [6.07, 6.45) is -0.0773. The second kappa shape index (κ2) is 11.4. The first-order valence-electron chi connectivity index (χ1n) is 11.9. The minimum absolute atomic E-state index is 0.00794. The summed E-state index contributed by atoms with van der Waals surface area (Å²) in [4.78, 5) is 54.7. The normalized spacial score (nSPS) is 15.9. The fourth-order valence-corrected chi connectivity index (χ4v) is 5.19. The van der Waals surface area contributed by atoms with E-state index in [1.165, 1.54) is 35.2 Å². The van der Waals surface area contributed by atoms with Crippen molar-refractivity contribution < 1.29 is 32.7 Å². The molecule has 2 aromatic rings. The third-order valence-electron chi connectivity index (χ3n) is 6.36. The molecule has 0 saturated carbocycles. The minimum atomic E-state index is -1.68. The van der Waals surface area contributed by atoms with E-state index in [0.717, 1.165) is 17.0 Å². The summed E-state index contributed by atoms with van der Waals surface area (Å²) in [7, 11) is 1.27. The number of ether oxygens (including phenoxy) is 1. The van der Waals surface area contributed by atoms with Gasteiger partial charge >= 0.3 is 6.03 Å². The SMILES string of the molecule is COC(C)(C(N)=O)N1CCN(C(=O)c2cc(C(C)(C)C)sc2NC(=O)Nc2ccc(F)c(F)c2Cl)CCC1=O. The topological polar surface area (TPSA) is 134 Å². The predicted molar refractivity (Wildman–Crippen MR) is 144 cm³/mol. The predicted octanol–water partition coefficient (Wildman–Crippen LogP) is 4.14. The van der Waals surface area contributed by atoms with E-state index < -0.39 is 46.1 Å². The van der Waals surface area contributed by atoms with Crippen molar-refractivity contribution in [1.29, 1.82) is 0 Å². The van der Waals surface area contributed by atoms with Crippen molar-refractivity contribution in [3.8, 4) is 0 Å². The van der Waals surface area contributed by atoms with Crippen molar-refractivity contribution in [3.63, 3.8) is 0 Å². The highest BCUT2D eigenvalue weighted by molar-refractivity contribution is 7.16. The number of thiophene rings is 1. The number of benzene rings is 1. The lowest BCUT2D eigenvalue weighted by molar-refractivity contribution is -0.174. The van der Waals surface area contributed by atoms with Crippen LogP contribution in [-0.4, -0.2) is 66.0 Å². The number of halogens is 3. The summed E-state index contributed by atoms with van der Waals surface area (Å²) in [5, 5.41) is 4.58.